The van der Waals surface area contributed by atoms with Crippen LogP contribution in [0, 0.1) is 6.92 Å². The van der Waals surface area contributed by atoms with E-state index in [0.717, 1.165) is 41.5 Å². The Hall–Kier alpha value is -1.69. The Balaban J connectivity index is 1.94. The monoisotopic (exact) mass is 262 g/mol. The predicted molar refractivity (Wildman–Crippen MR) is 71.3 cm³/mol. The number of thiazole rings is 1. The van der Waals surface area contributed by atoms with E-state index in [0.29, 0.717) is 6.54 Å². The van der Waals surface area contributed by atoms with E-state index in [2.05, 4.69) is 15.4 Å². The van der Waals surface area contributed by atoms with Gasteiger partial charge in [0.25, 0.3) is 5.56 Å². The molecule has 0 atom stereocenters. The zero-order valence-electron chi connectivity index (χ0n) is 10.1. The van der Waals surface area contributed by atoms with Gasteiger partial charge in [0.05, 0.1) is 28.6 Å². The number of fused-ring (bicyclic) bond motifs is 1. The molecular formula is C12H14N4OS. The largest absolute Gasteiger partial charge is 0.383 e. The summed E-state index contributed by atoms with van der Waals surface area (Å²) < 4.78 is 1.50. The van der Waals surface area contributed by atoms with Crippen molar-refractivity contribution in [2.45, 2.75) is 26.3 Å². The Morgan fingerprint density at radius 2 is 2.44 bits per heavy atom. The average molecular weight is 262 g/mol. The summed E-state index contributed by atoms with van der Waals surface area (Å²) in [5.41, 5.74) is 2.69. The Morgan fingerprint density at radius 3 is 3.22 bits per heavy atom. The van der Waals surface area contributed by atoms with Crippen molar-refractivity contribution in [2.75, 3.05) is 11.9 Å². The van der Waals surface area contributed by atoms with Gasteiger partial charge in [0.15, 0.2) is 0 Å². The average Bonchev–Trinajstić information content (AvgIpc) is 2.76. The summed E-state index contributed by atoms with van der Waals surface area (Å²) in [6.07, 6.45) is 1.99. The molecule has 5 nitrogen and oxygen atoms in total. The van der Waals surface area contributed by atoms with Crippen molar-refractivity contribution in [3.05, 3.63) is 38.2 Å². The first kappa shape index (κ1) is 11.4. The van der Waals surface area contributed by atoms with Crippen molar-refractivity contribution in [3.8, 4) is 0 Å². The number of nitrogens with zero attached hydrogens (tertiary/aromatic N) is 3. The predicted octanol–water partition coefficient (Wildman–Crippen LogP) is 1.41. The van der Waals surface area contributed by atoms with Crippen LogP contribution in [0.5, 0.6) is 0 Å². The lowest BCUT2D eigenvalue weighted by atomic mass is 10.1. The molecule has 1 aliphatic rings. The molecule has 0 saturated carbocycles. The van der Waals surface area contributed by atoms with Crippen LogP contribution < -0.4 is 10.9 Å². The van der Waals surface area contributed by atoms with Crippen molar-refractivity contribution in [2.24, 2.45) is 0 Å². The van der Waals surface area contributed by atoms with E-state index in [1.807, 2.05) is 12.3 Å². The fourth-order valence-electron chi connectivity index (χ4n) is 2.09. The molecule has 0 bridgehead atoms. The summed E-state index contributed by atoms with van der Waals surface area (Å²) >= 11 is 1.59. The zero-order chi connectivity index (χ0) is 12.5. The van der Waals surface area contributed by atoms with Crippen LogP contribution >= 0.6 is 11.3 Å². The van der Waals surface area contributed by atoms with E-state index in [-0.39, 0.29) is 5.56 Å². The van der Waals surface area contributed by atoms with Gasteiger partial charge in [0, 0.05) is 18.0 Å². The maximum absolute atomic E-state index is 11.9. The number of aryl methyl sites for hydroxylation is 2. The smallest absolute Gasteiger partial charge is 0.269 e. The van der Waals surface area contributed by atoms with Crippen LogP contribution in [0.2, 0.25) is 0 Å². The molecule has 2 aromatic rings. The molecule has 0 amide bonds. The molecule has 0 aliphatic carbocycles. The standard InChI is InChI=1S/C12H14N4OS/c1-8-14-9(7-18-8)6-16-12(17)5-11-10(15-16)3-2-4-13-11/h5,7,13H,2-4,6H2,1H3. The number of aromatic nitrogens is 3. The molecule has 3 rings (SSSR count). The van der Waals surface area contributed by atoms with Crippen LogP contribution in [0.3, 0.4) is 0 Å². The molecule has 18 heavy (non-hydrogen) atoms. The molecule has 3 heterocycles. The minimum Gasteiger partial charge on any atom is -0.383 e. The van der Waals surface area contributed by atoms with Gasteiger partial charge in [-0.1, -0.05) is 0 Å². The highest BCUT2D eigenvalue weighted by Crippen LogP contribution is 2.17. The minimum absolute atomic E-state index is 0.0752. The first-order valence-corrected chi connectivity index (χ1v) is 6.86. The van der Waals surface area contributed by atoms with E-state index >= 15 is 0 Å². The fraction of sp³-hybridized carbons (Fsp3) is 0.417. The van der Waals surface area contributed by atoms with Gasteiger partial charge >= 0.3 is 0 Å². The van der Waals surface area contributed by atoms with Gasteiger partial charge < -0.3 is 5.32 Å². The van der Waals surface area contributed by atoms with Gasteiger partial charge in [-0.3, -0.25) is 4.79 Å². The summed E-state index contributed by atoms with van der Waals surface area (Å²) in [4.78, 5) is 16.3. The van der Waals surface area contributed by atoms with E-state index in [9.17, 15) is 4.79 Å². The Bertz CT molecular complexity index is 631. The van der Waals surface area contributed by atoms with Crippen molar-refractivity contribution in [3.63, 3.8) is 0 Å². The van der Waals surface area contributed by atoms with Gasteiger partial charge in [-0.2, -0.15) is 5.10 Å². The van der Waals surface area contributed by atoms with Crippen molar-refractivity contribution in [1.82, 2.24) is 14.8 Å². The lowest BCUT2D eigenvalue weighted by molar-refractivity contribution is 0.601. The van der Waals surface area contributed by atoms with Crippen LogP contribution in [-0.2, 0) is 13.0 Å². The minimum atomic E-state index is -0.0752. The normalized spacial score (nSPS) is 14.1. The van der Waals surface area contributed by atoms with Crippen LogP contribution in [0.1, 0.15) is 22.8 Å². The number of hydrogen-bond donors (Lipinski definition) is 1. The lowest BCUT2D eigenvalue weighted by Gasteiger charge is -2.17. The van der Waals surface area contributed by atoms with Crippen LogP contribution in [-0.4, -0.2) is 21.3 Å². The van der Waals surface area contributed by atoms with E-state index in [1.165, 1.54) is 4.68 Å². The molecule has 94 valence electrons. The quantitative estimate of drug-likeness (QED) is 0.889. The van der Waals surface area contributed by atoms with Gasteiger partial charge in [0.1, 0.15) is 0 Å². The molecule has 0 saturated heterocycles. The molecular weight excluding hydrogens is 248 g/mol. The molecule has 2 aromatic heterocycles. The Labute approximate surface area is 108 Å². The second kappa shape index (κ2) is 4.53. The van der Waals surface area contributed by atoms with Crippen molar-refractivity contribution >= 4 is 17.0 Å². The SMILES string of the molecule is Cc1nc(Cn2nc3c(cc2=O)NCCC3)cs1. The Kier molecular flexibility index (Phi) is 2.87. The molecule has 0 aromatic carbocycles. The first-order valence-electron chi connectivity index (χ1n) is 5.98. The molecule has 0 fully saturated rings. The summed E-state index contributed by atoms with van der Waals surface area (Å²) in [5.74, 6) is 0. The van der Waals surface area contributed by atoms with E-state index in [4.69, 9.17) is 0 Å². The third-order valence-corrected chi connectivity index (χ3v) is 3.78. The molecule has 1 aliphatic heterocycles. The maximum Gasteiger partial charge on any atom is 0.269 e. The highest BCUT2D eigenvalue weighted by atomic mass is 32.1. The van der Waals surface area contributed by atoms with E-state index < -0.39 is 0 Å². The van der Waals surface area contributed by atoms with Gasteiger partial charge in [-0.25, -0.2) is 9.67 Å². The third-order valence-electron chi connectivity index (χ3n) is 2.96. The topological polar surface area (TPSA) is 59.8 Å². The number of rotatable bonds is 2. The van der Waals surface area contributed by atoms with Gasteiger partial charge in [0.2, 0.25) is 0 Å². The second-order valence-electron chi connectivity index (χ2n) is 4.39. The number of nitrogens with one attached hydrogen (secondary N) is 1. The van der Waals surface area contributed by atoms with Crippen LogP contribution in [0.4, 0.5) is 5.69 Å². The van der Waals surface area contributed by atoms with E-state index in [1.54, 1.807) is 17.4 Å². The third kappa shape index (κ3) is 2.15. The second-order valence-corrected chi connectivity index (χ2v) is 5.45. The van der Waals surface area contributed by atoms with Crippen molar-refractivity contribution < 1.29 is 0 Å². The first-order chi connectivity index (χ1) is 8.72. The fourth-order valence-corrected chi connectivity index (χ4v) is 2.70. The summed E-state index contributed by atoms with van der Waals surface area (Å²) in [5, 5.41) is 10.6. The lowest BCUT2D eigenvalue weighted by Crippen LogP contribution is -2.27. The van der Waals surface area contributed by atoms with Gasteiger partial charge in [-0.15, -0.1) is 11.3 Å². The highest BCUT2D eigenvalue weighted by Gasteiger charge is 2.13. The molecule has 0 spiro atoms. The molecule has 0 radical (unpaired) electrons. The Morgan fingerprint density at radius 1 is 1.56 bits per heavy atom. The van der Waals surface area contributed by atoms with Crippen molar-refractivity contribution in [1.29, 1.82) is 0 Å². The van der Waals surface area contributed by atoms with Crippen LogP contribution in [0.25, 0.3) is 0 Å². The molecule has 6 heteroatoms. The van der Waals surface area contributed by atoms with Gasteiger partial charge in [-0.05, 0) is 19.8 Å². The highest BCUT2D eigenvalue weighted by molar-refractivity contribution is 7.09. The van der Waals surface area contributed by atoms with Crippen LogP contribution in [0.15, 0.2) is 16.2 Å². The molecule has 0 unspecified atom stereocenters. The number of hydrogen-bond acceptors (Lipinski definition) is 5. The zero-order valence-corrected chi connectivity index (χ0v) is 11.0. The summed E-state index contributed by atoms with van der Waals surface area (Å²) in [6.45, 7) is 3.33. The summed E-state index contributed by atoms with van der Waals surface area (Å²) in [6, 6.07) is 1.64. The molecule has 1 N–H and O–H groups in total. The maximum atomic E-state index is 11.9. The number of anilines is 1. The summed E-state index contributed by atoms with van der Waals surface area (Å²) in [7, 11) is 0.